The maximum atomic E-state index is 12.5. The molecule has 0 bridgehead atoms. The molecule has 2 amide bonds. The van der Waals surface area contributed by atoms with Crippen LogP contribution in [0.5, 0.6) is 0 Å². The van der Waals surface area contributed by atoms with Crippen molar-refractivity contribution in [2.45, 2.75) is 26.8 Å². The first-order chi connectivity index (χ1) is 12.4. The second-order valence-electron chi connectivity index (χ2n) is 6.70. The molecule has 26 heavy (non-hydrogen) atoms. The number of carbonyl (C=O) groups excluding carboxylic acids is 2. The van der Waals surface area contributed by atoms with E-state index in [0.29, 0.717) is 13.0 Å². The largest absolute Gasteiger partial charge is 0.332 e. The predicted molar refractivity (Wildman–Crippen MR) is 107 cm³/mol. The first kappa shape index (κ1) is 18.1. The first-order valence-corrected chi connectivity index (χ1v) is 8.95. The lowest BCUT2D eigenvalue weighted by atomic mass is 10.1. The second-order valence-corrected chi connectivity index (χ2v) is 7.10. The number of rotatable bonds is 4. The Labute approximate surface area is 158 Å². The van der Waals surface area contributed by atoms with E-state index >= 15 is 0 Å². The monoisotopic (exact) mass is 367 g/mol. The fourth-order valence-corrected chi connectivity index (χ4v) is 3.13. The number of thiocarbonyl (C=S) groups is 1. The highest BCUT2D eigenvalue weighted by Crippen LogP contribution is 2.28. The third-order valence-electron chi connectivity index (χ3n) is 4.10. The fraction of sp³-hybridized carbons (Fsp3) is 0.250. The van der Waals surface area contributed by atoms with Gasteiger partial charge in [-0.3, -0.25) is 9.59 Å². The van der Waals surface area contributed by atoms with Gasteiger partial charge >= 0.3 is 0 Å². The van der Waals surface area contributed by atoms with Gasteiger partial charge in [-0.1, -0.05) is 32.0 Å². The minimum absolute atomic E-state index is 0.0118. The highest BCUT2D eigenvalue weighted by molar-refractivity contribution is 7.80. The van der Waals surface area contributed by atoms with E-state index in [4.69, 9.17) is 12.2 Å². The van der Waals surface area contributed by atoms with Gasteiger partial charge < -0.3 is 15.5 Å². The molecule has 0 aromatic heterocycles. The maximum Gasteiger partial charge on any atom is 0.258 e. The van der Waals surface area contributed by atoms with Crippen molar-refractivity contribution >= 4 is 40.5 Å². The summed E-state index contributed by atoms with van der Waals surface area (Å²) in [4.78, 5) is 26.0. The van der Waals surface area contributed by atoms with Crippen LogP contribution in [0.3, 0.4) is 0 Å². The Bertz CT molecular complexity index is 846. The van der Waals surface area contributed by atoms with Crippen LogP contribution in [0.15, 0.2) is 48.5 Å². The summed E-state index contributed by atoms with van der Waals surface area (Å²) in [5.41, 5.74) is 3.37. The number of anilines is 2. The summed E-state index contributed by atoms with van der Waals surface area (Å²) < 4.78 is 0. The van der Waals surface area contributed by atoms with Gasteiger partial charge in [0.15, 0.2) is 5.11 Å². The molecular formula is C20H21N3O2S. The Morgan fingerprint density at radius 1 is 1.15 bits per heavy atom. The van der Waals surface area contributed by atoms with Crippen LogP contribution in [0.1, 0.15) is 36.2 Å². The van der Waals surface area contributed by atoms with E-state index in [-0.39, 0.29) is 22.8 Å². The summed E-state index contributed by atoms with van der Waals surface area (Å²) in [6.45, 7) is 4.53. The number of carbonyl (C=O) groups is 2. The number of amides is 2. The minimum atomic E-state index is -0.102. The number of hydrogen-bond donors (Lipinski definition) is 2. The maximum absolute atomic E-state index is 12.5. The van der Waals surface area contributed by atoms with Gasteiger partial charge in [0, 0.05) is 23.4 Å². The van der Waals surface area contributed by atoms with E-state index in [9.17, 15) is 9.59 Å². The summed E-state index contributed by atoms with van der Waals surface area (Å²) in [5.74, 6) is 0.187. The molecule has 0 radical (unpaired) electrons. The Morgan fingerprint density at radius 3 is 2.50 bits per heavy atom. The number of hydrogen-bond acceptors (Lipinski definition) is 3. The van der Waals surface area contributed by atoms with E-state index in [2.05, 4.69) is 10.6 Å². The minimum Gasteiger partial charge on any atom is -0.332 e. The smallest absolute Gasteiger partial charge is 0.258 e. The second kappa shape index (κ2) is 7.66. The van der Waals surface area contributed by atoms with E-state index in [0.717, 1.165) is 22.5 Å². The van der Waals surface area contributed by atoms with Crippen LogP contribution < -0.4 is 15.5 Å². The lowest BCUT2D eigenvalue weighted by Crippen LogP contribution is -2.34. The molecule has 134 valence electrons. The molecular weight excluding hydrogens is 346 g/mol. The molecule has 0 saturated heterocycles. The lowest BCUT2D eigenvalue weighted by molar-refractivity contribution is -0.120. The summed E-state index contributed by atoms with van der Waals surface area (Å²) >= 11 is 5.16. The van der Waals surface area contributed by atoms with Crippen molar-refractivity contribution in [1.29, 1.82) is 0 Å². The molecule has 6 heteroatoms. The highest BCUT2D eigenvalue weighted by Gasteiger charge is 2.27. The molecule has 2 aromatic carbocycles. The number of fused-ring (bicyclic) bond motifs is 1. The van der Waals surface area contributed by atoms with Gasteiger partial charge in [0.25, 0.3) is 5.91 Å². The van der Waals surface area contributed by atoms with Crippen molar-refractivity contribution in [1.82, 2.24) is 5.32 Å². The molecule has 0 fully saturated rings. The van der Waals surface area contributed by atoms with Gasteiger partial charge in [-0.25, -0.2) is 0 Å². The Morgan fingerprint density at radius 2 is 1.85 bits per heavy atom. The zero-order chi connectivity index (χ0) is 18.7. The first-order valence-electron chi connectivity index (χ1n) is 8.54. The van der Waals surface area contributed by atoms with Crippen LogP contribution in [0.2, 0.25) is 0 Å². The molecule has 2 N–H and O–H groups in total. The van der Waals surface area contributed by atoms with Crippen LogP contribution in [0.4, 0.5) is 11.4 Å². The summed E-state index contributed by atoms with van der Waals surface area (Å²) in [7, 11) is 0. The van der Waals surface area contributed by atoms with Crippen molar-refractivity contribution in [3.8, 4) is 0 Å². The third kappa shape index (κ3) is 4.08. The van der Waals surface area contributed by atoms with Crippen LogP contribution >= 0.6 is 12.2 Å². The normalized spacial score (nSPS) is 12.9. The molecule has 0 spiro atoms. The van der Waals surface area contributed by atoms with Crippen LogP contribution in [0, 0.1) is 5.92 Å². The van der Waals surface area contributed by atoms with E-state index in [1.165, 1.54) is 0 Å². The quantitative estimate of drug-likeness (QED) is 0.809. The van der Waals surface area contributed by atoms with E-state index in [1.54, 1.807) is 4.90 Å². The van der Waals surface area contributed by atoms with Crippen molar-refractivity contribution in [3.63, 3.8) is 0 Å². The van der Waals surface area contributed by atoms with Crippen LogP contribution in [-0.4, -0.2) is 16.9 Å². The molecule has 5 nitrogen and oxygen atoms in total. The van der Waals surface area contributed by atoms with E-state index in [1.807, 2.05) is 62.4 Å². The molecule has 0 saturated carbocycles. The zero-order valence-corrected chi connectivity index (χ0v) is 15.6. The molecule has 2 aromatic rings. The standard InChI is InChI=1S/C20H21N3O2S/c1-13(2)11-18(24)22-20(26)21-15-7-9-16(10-8-15)23-12-14-5-3-4-6-17(14)19(23)25/h3-10,13H,11-12H2,1-2H3,(H2,21,22,24,26). The van der Waals surface area contributed by atoms with Crippen molar-refractivity contribution < 1.29 is 9.59 Å². The summed E-state index contributed by atoms with van der Waals surface area (Å²) in [6, 6.07) is 15.1. The predicted octanol–water partition coefficient (Wildman–Crippen LogP) is 3.71. The lowest BCUT2D eigenvalue weighted by Gasteiger charge is -2.17. The van der Waals surface area contributed by atoms with Gasteiger partial charge in [-0.15, -0.1) is 0 Å². The number of benzene rings is 2. The molecule has 3 rings (SSSR count). The summed E-state index contributed by atoms with van der Waals surface area (Å²) in [5, 5.41) is 5.92. The molecule has 1 heterocycles. The zero-order valence-electron chi connectivity index (χ0n) is 14.8. The van der Waals surface area contributed by atoms with Gasteiger partial charge in [0.05, 0.1) is 6.54 Å². The molecule has 1 aliphatic rings. The van der Waals surface area contributed by atoms with E-state index < -0.39 is 0 Å². The third-order valence-corrected chi connectivity index (χ3v) is 4.31. The Balaban J connectivity index is 1.62. The highest BCUT2D eigenvalue weighted by atomic mass is 32.1. The van der Waals surface area contributed by atoms with Crippen molar-refractivity contribution in [3.05, 3.63) is 59.7 Å². The molecule has 0 aliphatic carbocycles. The Hall–Kier alpha value is -2.73. The van der Waals surface area contributed by atoms with Gasteiger partial charge in [0.1, 0.15) is 0 Å². The summed E-state index contributed by atoms with van der Waals surface area (Å²) in [6.07, 6.45) is 0.429. The van der Waals surface area contributed by atoms with Crippen LogP contribution in [0.25, 0.3) is 0 Å². The van der Waals surface area contributed by atoms with Crippen LogP contribution in [-0.2, 0) is 11.3 Å². The Kier molecular flexibility index (Phi) is 5.32. The molecule has 0 unspecified atom stereocenters. The number of nitrogens with one attached hydrogen (secondary N) is 2. The van der Waals surface area contributed by atoms with Gasteiger partial charge in [-0.2, -0.15) is 0 Å². The topological polar surface area (TPSA) is 61.4 Å². The van der Waals surface area contributed by atoms with Gasteiger partial charge in [0.2, 0.25) is 5.91 Å². The fourth-order valence-electron chi connectivity index (χ4n) is 2.90. The van der Waals surface area contributed by atoms with Gasteiger partial charge in [-0.05, 0) is 54.0 Å². The molecule has 0 atom stereocenters. The van der Waals surface area contributed by atoms with Crippen molar-refractivity contribution in [2.24, 2.45) is 5.92 Å². The molecule has 1 aliphatic heterocycles. The average molecular weight is 367 g/mol. The SMILES string of the molecule is CC(C)CC(=O)NC(=S)Nc1ccc(N2Cc3ccccc3C2=O)cc1. The average Bonchev–Trinajstić information content (AvgIpc) is 2.92. The number of nitrogens with zero attached hydrogens (tertiary/aromatic N) is 1. The van der Waals surface area contributed by atoms with Crippen molar-refractivity contribution in [2.75, 3.05) is 10.2 Å².